The first-order valence-corrected chi connectivity index (χ1v) is 12.9. The molecule has 1 N–H and O–H groups in total. The second kappa shape index (κ2) is 13.0. The quantitative estimate of drug-likeness (QED) is 0.454. The number of carbonyl (C=O) groups excluding carboxylic acids is 1. The van der Waals surface area contributed by atoms with Crippen LogP contribution in [0.4, 0.5) is 0 Å². The molecule has 2 heterocycles. The minimum Gasteiger partial charge on any atom is -0.478 e. The largest absolute Gasteiger partial charge is 0.478 e. The summed E-state index contributed by atoms with van der Waals surface area (Å²) < 4.78 is 5.00. The van der Waals surface area contributed by atoms with Gasteiger partial charge in [-0.2, -0.15) is 0 Å². The van der Waals surface area contributed by atoms with Gasteiger partial charge in [0, 0.05) is 20.5 Å². The molecule has 2 aliphatic carbocycles. The zero-order valence-electron chi connectivity index (χ0n) is 17.7. The molecule has 0 saturated heterocycles. The topological polar surface area (TPSA) is 63.6 Å². The summed E-state index contributed by atoms with van der Waals surface area (Å²) in [5, 5.41) is 12.5. The maximum Gasteiger partial charge on any atom is 0.338 e. The fraction of sp³-hybridized carbons (Fsp3) is 0.600. The molecule has 0 bridgehead atoms. The van der Waals surface area contributed by atoms with Crippen LogP contribution >= 0.6 is 22.7 Å². The standard InChI is InChI=1S/C13H18O2S.C11H14O2S.CH4/c1-2-15-13(14)11-8-12(16-9-11)10-6-4-3-5-7-10;12-11(13)9-6-10(14-7-9)8-4-2-1-3-5-8;/h8-10H,2-7H2,1H3;6-8H,1-5H2,(H,12,13);1H4. The van der Waals surface area contributed by atoms with Gasteiger partial charge in [-0.25, -0.2) is 9.59 Å². The molecular formula is C25H36O4S2. The first-order chi connectivity index (χ1) is 14.6. The minimum atomic E-state index is -0.802. The van der Waals surface area contributed by atoms with E-state index in [0.29, 0.717) is 24.0 Å². The number of hydrogen-bond donors (Lipinski definition) is 1. The summed E-state index contributed by atoms with van der Waals surface area (Å²) >= 11 is 3.31. The van der Waals surface area contributed by atoms with Crippen LogP contribution in [0.3, 0.4) is 0 Å². The number of carboxylic acid groups (broad SMARTS) is 1. The summed E-state index contributed by atoms with van der Waals surface area (Å²) in [5.74, 6) is 0.327. The molecule has 172 valence electrons. The van der Waals surface area contributed by atoms with Crippen LogP contribution in [0, 0.1) is 0 Å². The Bertz CT molecular complexity index is 811. The molecule has 0 radical (unpaired) electrons. The lowest BCUT2D eigenvalue weighted by atomic mass is 9.88. The van der Waals surface area contributed by atoms with Crippen molar-refractivity contribution in [2.45, 2.75) is 90.4 Å². The Kier molecular flexibility index (Phi) is 10.7. The van der Waals surface area contributed by atoms with E-state index in [1.165, 1.54) is 74.0 Å². The molecule has 0 spiro atoms. The zero-order chi connectivity index (χ0) is 21.3. The molecule has 2 aromatic rings. The van der Waals surface area contributed by atoms with E-state index in [4.69, 9.17) is 9.84 Å². The first-order valence-electron chi connectivity index (χ1n) is 11.2. The van der Waals surface area contributed by atoms with Gasteiger partial charge in [0.2, 0.25) is 0 Å². The number of carboxylic acids is 1. The van der Waals surface area contributed by atoms with E-state index in [1.807, 2.05) is 24.4 Å². The van der Waals surface area contributed by atoms with E-state index in [-0.39, 0.29) is 13.4 Å². The maximum atomic E-state index is 11.5. The number of rotatable bonds is 5. The molecule has 6 heteroatoms. The Labute approximate surface area is 194 Å². The highest BCUT2D eigenvalue weighted by Crippen LogP contribution is 2.37. The fourth-order valence-corrected chi connectivity index (χ4v) is 6.45. The Hall–Kier alpha value is -1.66. The molecule has 31 heavy (non-hydrogen) atoms. The zero-order valence-corrected chi connectivity index (χ0v) is 19.4. The van der Waals surface area contributed by atoms with Gasteiger partial charge >= 0.3 is 11.9 Å². The van der Waals surface area contributed by atoms with E-state index in [9.17, 15) is 9.59 Å². The van der Waals surface area contributed by atoms with Crippen molar-refractivity contribution in [3.8, 4) is 0 Å². The predicted octanol–water partition coefficient (Wildman–Crippen LogP) is 8.10. The number of ether oxygens (including phenoxy) is 1. The molecule has 2 saturated carbocycles. The maximum absolute atomic E-state index is 11.5. The SMILES string of the molecule is C.CCOC(=O)c1csc(C2CCCCC2)c1.O=C(O)c1csc(C2CCCCC2)c1. The van der Waals surface area contributed by atoms with Crippen LogP contribution in [0.5, 0.6) is 0 Å². The smallest absolute Gasteiger partial charge is 0.338 e. The van der Waals surface area contributed by atoms with Crippen LogP contribution in [0.1, 0.15) is 121 Å². The minimum absolute atomic E-state index is 0. The first kappa shape index (κ1) is 25.6. The van der Waals surface area contributed by atoms with Crippen molar-refractivity contribution in [2.75, 3.05) is 6.61 Å². The third kappa shape index (κ3) is 7.46. The highest BCUT2D eigenvalue weighted by Gasteiger charge is 2.19. The van der Waals surface area contributed by atoms with Gasteiger partial charge in [-0.3, -0.25) is 0 Å². The molecule has 4 rings (SSSR count). The molecule has 0 atom stereocenters. The molecule has 0 unspecified atom stereocenters. The lowest BCUT2D eigenvalue weighted by Gasteiger charge is -2.19. The summed E-state index contributed by atoms with van der Waals surface area (Å²) in [5.41, 5.74) is 1.18. The number of hydrogen-bond acceptors (Lipinski definition) is 5. The molecular weight excluding hydrogens is 428 g/mol. The predicted molar refractivity (Wildman–Crippen MR) is 130 cm³/mol. The Morgan fingerprint density at radius 2 is 1.32 bits per heavy atom. The van der Waals surface area contributed by atoms with E-state index in [1.54, 1.807) is 28.1 Å². The van der Waals surface area contributed by atoms with Crippen molar-refractivity contribution in [3.05, 3.63) is 43.8 Å². The lowest BCUT2D eigenvalue weighted by molar-refractivity contribution is 0.0526. The third-order valence-corrected chi connectivity index (χ3v) is 8.20. The molecule has 0 aromatic carbocycles. The highest BCUT2D eigenvalue weighted by molar-refractivity contribution is 7.10. The number of carbonyl (C=O) groups is 2. The van der Waals surface area contributed by atoms with E-state index in [0.717, 1.165) is 5.56 Å². The van der Waals surface area contributed by atoms with Gasteiger partial charge in [-0.1, -0.05) is 46.0 Å². The van der Waals surface area contributed by atoms with Crippen LogP contribution in [0.15, 0.2) is 22.9 Å². The monoisotopic (exact) mass is 464 g/mol. The molecule has 2 fully saturated rings. The average molecular weight is 465 g/mol. The second-order valence-corrected chi connectivity index (χ2v) is 10.1. The van der Waals surface area contributed by atoms with Gasteiger partial charge in [0.15, 0.2) is 0 Å². The second-order valence-electron chi connectivity index (χ2n) is 8.17. The Balaban J connectivity index is 0.000000215. The van der Waals surface area contributed by atoms with Crippen molar-refractivity contribution in [3.63, 3.8) is 0 Å². The van der Waals surface area contributed by atoms with E-state index < -0.39 is 5.97 Å². The lowest BCUT2D eigenvalue weighted by Crippen LogP contribution is -2.04. The summed E-state index contributed by atoms with van der Waals surface area (Å²) in [4.78, 5) is 24.9. The summed E-state index contributed by atoms with van der Waals surface area (Å²) in [6.07, 6.45) is 13.0. The Morgan fingerprint density at radius 1 is 0.871 bits per heavy atom. The molecule has 4 nitrogen and oxygen atoms in total. The van der Waals surface area contributed by atoms with Crippen molar-refractivity contribution in [1.82, 2.24) is 0 Å². The van der Waals surface area contributed by atoms with E-state index in [2.05, 4.69) is 0 Å². The summed E-state index contributed by atoms with van der Waals surface area (Å²) in [7, 11) is 0. The summed E-state index contributed by atoms with van der Waals surface area (Å²) in [6.45, 7) is 2.29. The van der Waals surface area contributed by atoms with Gasteiger partial charge in [0.05, 0.1) is 17.7 Å². The van der Waals surface area contributed by atoms with Crippen LogP contribution < -0.4 is 0 Å². The summed E-state index contributed by atoms with van der Waals surface area (Å²) in [6, 6.07) is 3.88. The number of thiophene rings is 2. The van der Waals surface area contributed by atoms with Gasteiger partial charge < -0.3 is 9.84 Å². The number of esters is 1. The fourth-order valence-electron chi connectivity index (χ4n) is 4.34. The van der Waals surface area contributed by atoms with Crippen LogP contribution in [0.2, 0.25) is 0 Å². The van der Waals surface area contributed by atoms with Crippen molar-refractivity contribution in [1.29, 1.82) is 0 Å². The third-order valence-electron chi connectivity index (χ3n) is 6.01. The van der Waals surface area contributed by atoms with E-state index >= 15 is 0 Å². The average Bonchev–Trinajstić information content (AvgIpc) is 3.46. The van der Waals surface area contributed by atoms with Crippen molar-refractivity contribution >= 4 is 34.6 Å². The van der Waals surface area contributed by atoms with Crippen LogP contribution in [-0.4, -0.2) is 23.7 Å². The molecule has 2 aliphatic rings. The van der Waals surface area contributed by atoms with Crippen LogP contribution in [0.25, 0.3) is 0 Å². The molecule has 0 amide bonds. The highest BCUT2D eigenvalue weighted by atomic mass is 32.1. The Morgan fingerprint density at radius 3 is 1.74 bits per heavy atom. The van der Waals surface area contributed by atoms with Gasteiger partial charge in [-0.15, -0.1) is 22.7 Å². The van der Waals surface area contributed by atoms with Crippen molar-refractivity contribution < 1.29 is 19.4 Å². The van der Waals surface area contributed by atoms with Gasteiger partial charge in [0.25, 0.3) is 0 Å². The molecule has 0 aliphatic heterocycles. The normalized spacial score (nSPS) is 17.2. The van der Waals surface area contributed by atoms with Gasteiger partial charge in [-0.05, 0) is 56.6 Å². The van der Waals surface area contributed by atoms with Crippen LogP contribution in [-0.2, 0) is 4.74 Å². The molecule has 2 aromatic heterocycles. The number of aromatic carboxylic acids is 1. The van der Waals surface area contributed by atoms with Gasteiger partial charge in [0.1, 0.15) is 0 Å². The van der Waals surface area contributed by atoms with Crippen molar-refractivity contribution in [2.24, 2.45) is 0 Å².